The molecule has 1 aromatic heterocycles. The van der Waals surface area contributed by atoms with Crippen molar-refractivity contribution in [3.8, 4) is 17.2 Å². The summed E-state index contributed by atoms with van der Waals surface area (Å²) in [6.45, 7) is 14.4. The van der Waals surface area contributed by atoms with E-state index in [0.717, 1.165) is 41.4 Å². The first-order valence-corrected chi connectivity index (χ1v) is 13.0. The van der Waals surface area contributed by atoms with Crippen LogP contribution in [-0.4, -0.2) is 17.2 Å². The topological polar surface area (TPSA) is 57.8 Å². The third-order valence-corrected chi connectivity index (χ3v) is 6.73. The molecule has 4 nitrogen and oxygen atoms in total. The number of nitrogens with one attached hydrogen (secondary N) is 1. The first-order valence-electron chi connectivity index (χ1n) is 13.0. The Morgan fingerprint density at radius 1 is 1.14 bits per heavy atom. The zero-order valence-electron chi connectivity index (χ0n) is 22.6. The Hall–Kier alpha value is -3.49. The summed E-state index contributed by atoms with van der Waals surface area (Å²) >= 11 is 0. The van der Waals surface area contributed by atoms with E-state index >= 15 is 0 Å². The minimum absolute atomic E-state index is 0. The zero-order valence-corrected chi connectivity index (χ0v) is 22.6. The molecule has 0 saturated carbocycles. The van der Waals surface area contributed by atoms with Gasteiger partial charge in [0, 0.05) is 22.4 Å². The van der Waals surface area contributed by atoms with E-state index in [9.17, 15) is 14.4 Å². The van der Waals surface area contributed by atoms with Gasteiger partial charge >= 0.3 is 0 Å². The molecular weight excluding hydrogens is 461 g/mol. The van der Waals surface area contributed by atoms with Gasteiger partial charge in [-0.05, 0) is 71.5 Å². The molecule has 0 aliphatic heterocycles. The van der Waals surface area contributed by atoms with Crippen LogP contribution in [0.25, 0.3) is 22.0 Å². The number of nitriles is 1. The SMILES string of the molecule is C=CCCC(C)C=C.CC[C@H](C)CN[C@H](C#N)Cc1ccc(-c2ccc3ccc(=O)n(C)c3c2)cc1F.[HH].[HH]. The number of halogens is 1. The predicted octanol–water partition coefficient (Wildman–Crippen LogP) is 7.68. The lowest BCUT2D eigenvalue weighted by Gasteiger charge is -2.15. The molecule has 0 amide bonds. The predicted molar refractivity (Wildman–Crippen MR) is 158 cm³/mol. The van der Waals surface area contributed by atoms with Crippen LogP contribution in [-0.2, 0) is 13.5 Å². The largest absolute Gasteiger partial charge is 0.311 e. The molecule has 3 rings (SSSR count). The molecule has 0 radical (unpaired) electrons. The fourth-order valence-corrected chi connectivity index (χ4v) is 3.81. The number of rotatable bonds is 11. The number of nitrogens with zero attached hydrogens (tertiary/aromatic N) is 2. The van der Waals surface area contributed by atoms with Crippen molar-refractivity contribution in [2.75, 3.05) is 6.54 Å². The molecular formula is C32H44FN3O. The number of allylic oxidation sites excluding steroid dienone is 2. The molecule has 200 valence electrons. The Morgan fingerprint density at radius 3 is 2.43 bits per heavy atom. The second-order valence-electron chi connectivity index (χ2n) is 9.70. The minimum Gasteiger partial charge on any atom is -0.311 e. The van der Waals surface area contributed by atoms with Gasteiger partial charge in [-0.2, -0.15) is 5.26 Å². The Bertz CT molecular complexity index is 1300. The molecule has 0 fully saturated rings. The van der Waals surface area contributed by atoms with E-state index in [1.54, 1.807) is 23.7 Å². The maximum absolute atomic E-state index is 14.8. The van der Waals surface area contributed by atoms with Crippen molar-refractivity contribution in [3.63, 3.8) is 0 Å². The van der Waals surface area contributed by atoms with Crippen molar-refractivity contribution < 1.29 is 7.24 Å². The number of hydrogen-bond acceptors (Lipinski definition) is 3. The molecule has 3 atom stereocenters. The molecule has 1 unspecified atom stereocenters. The summed E-state index contributed by atoms with van der Waals surface area (Å²) in [5, 5.41) is 13.6. The Morgan fingerprint density at radius 2 is 1.81 bits per heavy atom. The van der Waals surface area contributed by atoms with Gasteiger partial charge in [0.1, 0.15) is 5.82 Å². The number of aryl methyl sites for hydroxylation is 1. The van der Waals surface area contributed by atoms with Crippen molar-refractivity contribution in [2.45, 2.75) is 52.5 Å². The molecule has 37 heavy (non-hydrogen) atoms. The average molecular weight is 506 g/mol. The van der Waals surface area contributed by atoms with E-state index < -0.39 is 6.04 Å². The van der Waals surface area contributed by atoms with Crippen LogP contribution in [0, 0.1) is 29.0 Å². The van der Waals surface area contributed by atoms with Gasteiger partial charge in [0.05, 0.1) is 17.6 Å². The van der Waals surface area contributed by atoms with Crippen LogP contribution in [0.3, 0.4) is 0 Å². The summed E-state index contributed by atoms with van der Waals surface area (Å²) in [6.07, 6.45) is 7.57. The summed E-state index contributed by atoms with van der Waals surface area (Å²) in [5.41, 5.74) is 2.83. The Balaban J connectivity index is 0.00000126. The maximum atomic E-state index is 14.8. The van der Waals surface area contributed by atoms with Crippen LogP contribution >= 0.6 is 0 Å². The van der Waals surface area contributed by atoms with Gasteiger partial charge in [0.2, 0.25) is 0 Å². The molecule has 0 aliphatic rings. The minimum atomic E-state index is -0.417. The Kier molecular flexibility index (Phi) is 12.0. The summed E-state index contributed by atoms with van der Waals surface area (Å²) in [7, 11) is 1.73. The smallest absolute Gasteiger partial charge is 0.250 e. The molecule has 0 saturated heterocycles. The third kappa shape index (κ3) is 8.84. The first-order chi connectivity index (χ1) is 17.7. The molecule has 0 spiro atoms. The Labute approximate surface area is 224 Å². The van der Waals surface area contributed by atoms with Gasteiger partial charge in [0.15, 0.2) is 0 Å². The maximum Gasteiger partial charge on any atom is 0.250 e. The molecule has 5 heteroatoms. The monoisotopic (exact) mass is 505 g/mol. The van der Waals surface area contributed by atoms with E-state index in [1.807, 2.05) is 36.4 Å². The van der Waals surface area contributed by atoms with Crippen LogP contribution in [0.5, 0.6) is 0 Å². The molecule has 1 N–H and O–H groups in total. The van der Waals surface area contributed by atoms with Gasteiger partial charge in [-0.1, -0.05) is 63.6 Å². The summed E-state index contributed by atoms with van der Waals surface area (Å²) in [5.74, 6) is 0.796. The molecule has 1 heterocycles. The normalized spacial score (nSPS) is 13.1. The van der Waals surface area contributed by atoms with Crippen molar-refractivity contribution in [1.82, 2.24) is 9.88 Å². The number of benzene rings is 2. The molecule has 0 bridgehead atoms. The highest BCUT2D eigenvalue weighted by Crippen LogP contribution is 2.26. The van der Waals surface area contributed by atoms with Crippen LogP contribution in [0.1, 0.15) is 48.5 Å². The van der Waals surface area contributed by atoms with Gasteiger partial charge in [-0.25, -0.2) is 4.39 Å². The first kappa shape index (κ1) is 29.7. The van der Waals surface area contributed by atoms with Gasteiger partial charge in [-0.15, -0.1) is 13.2 Å². The van der Waals surface area contributed by atoms with E-state index in [4.69, 9.17) is 0 Å². The fraction of sp³-hybridized carbons (Fsp3) is 0.375. The lowest BCUT2D eigenvalue weighted by molar-refractivity contribution is 0.470. The van der Waals surface area contributed by atoms with Crippen LogP contribution in [0.2, 0.25) is 0 Å². The molecule has 3 aromatic rings. The highest BCUT2D eigenvalue weighted by atomic mass is 19.1. The lowest BCUT2D eigenvalue weighted by Crippen LogP contribution is -2.33. The van der Waals surface area contributed by atoms with Crippen molar-refractivity contribution in [1.29, 1.82) is 5.26 Å². The van der Waals surface area contributed by atoms with Crippen molar-refractivity contribution in [3.05, 3.63) is 95.6 Å². The van der Waals surface area contributed by atoms with E-state index in [1.165, 1.54) is 18.6 Å². The van der Waals surface area contributed by atoms with Gasteiger partial charge < -0.3 is 9.88 Å². The van der Waals surface area contributed by atoms with Crippen LogP contribution in [0.15, 0.2) is 78.6 Å². The van der Waals surface area contributed by atoms with Crippen molar-refractivity contribution >= 4 is 10.9 Å². The molecule has 2 aromatic carbocycles. The lowest BCUT2D eigenvalue weighted by atomic mass is 9.99. The number of fused-ring (bicyclic) bond motifs is 1. The van der Waals surface area contributed by atoms with E-state index in [-0.39, 0.29) is 14.2 Å². The third-order valence-electron chi connectivity index (χ3n) is 6.73. The van der Waals surface area contributed by atoms with Crippen LogP contribution < -0.4 is 10.9 Å². The number of aromatic nitrogens is 1. The van der Waals surface area contributed by atoms with Crippen molar-refractivity contribution in [2.24, 2.45) is 18.9 Å². The highest BCUT2D eigenvalue weighted by Gasteiger charge is 2.14. The molecule has 0 aliphatic carbocycles. The standard InChI is InChI=1S/C24H26FN3O.C8H14.2H2/c1-4-16(2)15-27-21(14-26)11-20-8-7-18(12-22(20)25)19-6-5-17-9-10-24(29)28(3)23(17)13-19;1-4-6-7-8(3)5-2;;/h5-10,12-13,16,21,27H,4,11,15H2,1-3H3;4-5,8H,1-2,6-7H2,3H3;2*1H/t16-,21-;;;/m0.../s1. The number of pyridine rings is 1. The highest BCUT2D eigenvalue weighted by molar-refractivity contribution is 5.84. The van der Waals surface area contributed by atoms with E-state index in [0.29, 0.717) is 23.8 Å². The van der Waals surface area contributed by atoms with Gasteiger partial charge in [-0.3, -0.25) is 4.79 Å². The second kappa shape index (κ2) is 14.9. The van der Waals surface area contributed by atoms with Crippen LogP contribution in [0.4, 0.5) is 4.39 Å². The fourth-order valence-electron chi connectivity index (χ4n) is 3.81. The summed E-state index contributed by atoms with van der Waals surface area (Å²) in [4.78, 5) is 11.9. The second-order valence-corrected chi connectivity index (χ2v) is 9.70. The quantitative estimate of drug-likeness (QED) is 0.272. The van der Waals surface area contributed by atoms with Gasteiger partial charge in [0.25, 0.3) is 5.56 Å². The van der Waals surface area contributed by atoms with E-state index in [2.05, 4.69) is 45.3 Å². The zero-order chi connectivity index (χ0) is 27.4. The summed E-state index contributed by atoms with van der Waals surface area (Å²) < 4.78 is 16.3. The average Bonchev–Trinajstić information content (AvgIpc) is 2.92. The summed E-state index contributed by atoms with van der Waals surface area (Å²) in [6, 6.07) is 16.0. The number of hydrogen-bond donors (Lipinski definition) is 1.